The molecular formula is C14H14N2O3. The van der Waals surface area contributed by atoms with E-state index in [-0.39, 0.29) is 5.78 Å². The first kappa shape index (κ1) is 14.6. The van der Waals surface area contributed by atoms with Gasteiger partial charge < -0.3 is 4.74 Å². The van der Waals surface area contributed by atoms with Crippen LogP contribution in [0.1, 0.15) is 22.8 Å². The fourth-order valence-electron chi connectivity index (χ4n) is 1.59. The Morgan fingerprint density at radius 3 is 2.32 bits per heavy atom. The third-order valence-corrected chi connectivity index (χ3v) is 2.77. The van der Waals surface area contributed by atoms with Crippen LogP contribution >= 0.6 is 0 Å². The molecule has 0 saturated heterocycles. The number of ether oxygens (including phenoxy) is 1. The zero-order valence-corrected chi connectivity index (χ0v) is 11.0. The van der Waals surface area contributed by atoms with Crippen molar-refractivity contribution in [2.75, 3.05) is 14.2 Å². The Kier molecular flexibility index (Phi) is 4.95. The van der Waals surface area contributed by atoms with Gasteiger partial charge in [0.2, 0.25) is 0 Å². The maximum atomic E-state index is 12.3. The van der Waals surface area contributed by atoms with Crippen molar-refractivity contribution < 1.29 is 14.3 Å². The smallest absolute Gasteiger partial charge is 0.322 e. The molecular weight excluding hydrogens is 244 g/mol. The van der Waals surface area contributed by atoms with E-state index in [2.05, 4.69) is 9.73 Å². The summed E-state index contributed by atoms with van der Waals surface area (Å²) in [6.45, 7) is 1.60. The van der Waals surface area contributed by atoms with Gasteiger partial charge in [0.25, 0.3) is 0 Å². The number of methoxy groups -OCH3 is 1. The second-order valence-corrected chi connectivity index (χ2v) is 3.87. The van der Waals surface area contributed by atoms with Crippen molar-refractivity contribution >= 4 is 17.5 Å². The van der Waals surface area contributed by atoms with Crippen LogP contribution in [0.15, 0.2) is 29.3 Å². The maximum absolute atomic E-state index is 12.3. The van der Waals surface area contributed by atoms with E-state index < -0.39 is 11.9 Å². The van der Waals surface area contributed by atoms with Gasteiger partial charge in [-0.15, -0.1) is 0 Å². The molecule has 19 heavy (non-hydrogen) atoms. The number of rotatable bonds is 4. The predicted octanol–water partition coefficient (Wildman–Crippen LogP) is 1.62. The van der Waals surface area contributed by atoms with E-state index in [1.54, 1.807) is 6.92 Å². The zero-order valence-electron chi connectivity index (χ0n) is 11.0. The summed E-state index contributed by atoms with van der Waals surface area (Å²) in [5.41, 5.74) is 1.19. The summed E-state index contributed by atoms with van der Waals surface area (Å²) in [5.74, 6) is -2.07. The Bertz CT molecular complexity index is 553. The van der Waals surface area contributed by atoms with Crippen molar-refractivity contribution in [1.29, 1.82) is 5.26 Å². The molecule has 0 spiro atoms. The van der Waals surface area contributed by atoms with Crippen LogP contribution in [0.4, 0.5) is 0 Å². The van der Waals surface area contributed by atoms with Gasteiger partial charge in [0, 0.05) is 18.3 Å². The second-order valence-electron chi connectivity index (χ2n) is 3.87. The molecule has 98 valence electrons. The summed E-state index contributed by atoms with van der Waals surface area (Å²) in [6, 6.07) is 8.05. The number of carbonyl (C=O) groups is 2. The van der Waals surface area contributed by atoms with Crippen molar-refractivity contribution in [2.24, 2.45) is 10.9 Å². The standard InChI is InChI=1S/C14H14N2O3/c1-9(16-2)12(14(18)19-3)13(17)11-6-4-10(8-15)5-7-11/h4-7,12H,1-3H3/b16-9+. The van der Waals surface area contributed by atoms with E-state index in [4.69, 9.17) is 5.26 Å². The molecule has 0 amide bonds. The molecule has 1 atom stereocenters. The van der Waals surface area contributed by atoms with Crippen LogP contribution in [0, 0.1) is 17.2 Å². The van der Waals surface area contributed by atoms with Crippen LogP contribution in [0.5, 0.6) is 0 Å². The number of aliphatic imine (C=N–C) groups is 1. The molecule has 0 saturated carbocycles. The highest BCUT2D eigenvalue weighted by Gasteiger charge is 2.30. The molecule has 0 bridgehead atoms. The van der Waals surface area contributed by atoms with Gasteiger partial charge in [0.15, 0.2) is 11.7 Å². The zero-order chi connectivity index (χ0) is 14.4. The Hall–Kier alpha value is -2.48. The topological polar surface area (TPSA) is 79.5 Å². The Morgan fingerprint density at radius 2 is 1.89 bits per heavy atom. The normalized spacial score (nSPS) is 12.4. The van der Waals surface area contributed by atoms with Crippen molar-refractivity contribution in [3.8, 4) is 6.07 Å². The third kappa shape index (κ3) is 3.26. The summed E-state index contributed by atoms with van der Waals surface area (Å²) < 4.78 is 4.63. The number of carbonyl (C=O) groups excluding carboxylic acids is 2. The van der Waals surface area contributed by atoms with Crippen LogP contribution in [0.2, 0.25) is 0 Å². The first-order valence-electron chi connectivity index (χ1n) is 5.60. The molecule has 1 rings (SSSR count). The Balaban J connectivity index is 3.12. The number of hydrogen-bond acceptors (Lipinski definition) is 5. The summed E-state index contributed by atoms with van der Waals surface area (Å²) in [6.07, 6.45) is 0. The third-order valence-electron chi connectivity index (χ3n) is 2.77. The first-order chi connectivity index (χ1) is 9.04. The molecule has 0 radical (unpaired) electrons. The maximum Gasteiger partial charge on any atom is 0.322 e. The SMILES string of the molecule is C/N=C(\C)C(C(=O)OC)C(=O)c1ccc(C#N)cc1. The lowest BCUT2D eigenvalue weighted by atomic mass is 9.93. The second kappa shape index (κ2) is 6.45. The van der Waals surface area contributed by atoms with Gasteiger partial charge >= 0.3 is 5.97 Å². The molecule has 0 heterocycles. The van der Waals surface area contributed by atoms with Gasteiger partial charge in [-0.3, -0.25) is 14.6 Å². The van der Waals surface area contributed by atoms with Crippen molar-refractivity contribution in [3.05, 3.63) is 35.4 Å². The van der Waals surface area contributed by atoms with Gasteiger partial charge in [0.05, 0.1) is 18.7 Å². The van der Waals surface area contributed by atoms with Crippen LogP contribution < -0.4 is 0 Å². The highest BCUT2D eigenvalue weighted by Crippen LogP contribution is 2.14. The van der Waals surface area contributed by atoms with Crippen molar-refractivity contribution in [1.82, 2.24) is 0 Å². The summed E-state index contributed by atoms with van der Waals surface area (Å²) >= 11 is 0. The predicted molar refractivity (Wildman–Crippen MR) is 70.0 cm³/mol. The summed E-state index contributed by atoms with van der Waals surface area (Å²) in [7, 11) is 2.74. The number of nitriles is 1. The van der Waals surface area contributed by atoms with Crippen LogP contribution in [0.3, 0.4) is 0 Å². The number of nitrogens with zero attached hydrogens (tertiary/aromatic N) is 2. The minimum atomic E-state index is -1.04. The summed E-state index contributed by atoms with van der Waals surface area (Å²) in [4.78, 5) is 27.8. The monoisotopic (exact) mass is 258 g/mol. The molecule has 1 unspecified atom stereocenters. The van der Waals surface area contributed by atoms with E-state index in [1.807, 2.05) is 6.07 Å². The summed E-state index contributed by atoms with van der Waals surface area (Å²) in [5, 5.41) is 8.70. The minimum absolute atomic E-state index is 0.345. The van der Waals surface area contributed by atoms with E-state index in [9.17, 15) is 9.59 Å². The fraction of sp³-hybridized carbons (Fsp3) is 0.286. The average molecular weight is 258 g/mol. The Labute approximate surface area is 111 Å². The fourth-order valence-corrected chi connectivity index (χ4v) is 1.59. The molecule has 0 aliphatic carbocycles. The van der Waals surface area contributed by atoms with Gasteiger partial charge in [-0.25, -0.2) is 0 Å². The average Bonchev–Trinajstić information content (AvgIpc) is 2.46. The Morgan fingerprint density at radius 1 is 1.32 bits per heavy atom. The van der Waals surface area contributed by atoms with Crippen LogP contribution in [-0.2, 0) is 9.53 Å². The van der Waals surface area contributed by atoms with E-state index in [1.165, 1.54) is 38.4 Å². The molecule has 0 N–H and O–H groups in total. The lowest BCUT2D eigenvalue weighted by molar-refractivity contribution is -0.141. The van der Waals surface area contributed by atoms with E-state index >= 15 is 0 Å². The lowest BCUT2D eigenvalue weighted by Crippen LogP contribution is -2.31. The molecule has 0 aromatic heterocycles. The molecule has 0 fully saturated rings. The number of esters is 1. The van der Waals surface area contributed by atoms with Gasteiger partial charge in [-0.1, -0.05) is 12.1 Å². The lowest BCUT2D eigenvalue weighted by Gasteiger charge is -2.13. The molecule has 5 heteroatoms. The molecule has 0 aliphatic rings. The highest BCUT2D eigenvalue weighted by molar-refractivity contribution is 6.23. The van der Waals surface area contributed by atoms with Crippen LogP contribution in [-0.4, -0.2) is 31.6 Å². The molecule has 1 aromatic rings. The minimum Gasteiger partial charge on any atom is -0.468 e. The highest BCUT2D eigenvalue weighted by atomic mass is 16.5. The number of hydrogen-bond donors (Lipinski definition) is 0. The molecule has 1 aromatic carbocycles. The quantitative estimate of drug-likeness (QED) is 0.356. The van der Waals surface area contributed by atoms with Crippen molar-refractivity contribution in [3.63, 3.8) is 0 Å². The first-order valence-corrected chi connectivity index (χ1v) is 5.60. The number of benzene rings is 1. The van der Waals surface area contributed by atoms with Crippen molar-refractivity contribution in [2.45, 2.75) is 6.92 Å². The largest absolute Gasteiger partial charge is 0.468 e. The number of Topliss-reactive ketones (excluding diaryl/α,β-unsaturated/α-hetero) is 1. The van der Waals surface area contributed by atoms with Gasteiger partial charge in [-0.05, 0) is 19.1 Å². The van der Waals surface area contributed by atoms with Gasteiger partial charge in [0.1, 0.15) is 0 Å². The number of ketones is 1. The molecule has 0 aliphatic heterocycles. The van der Waals surface area contributed by atoms with E-state index in [0.717, 1.165) is 0 Å². The van der Waals surface area contributed by atoms with E-state index in [0.29, 0.717) is 16.8 Å². The van der Waals surface area contributed by atoms with Crippen LogP contribution in [0.25, 0.3) is 0 Å². The molecule has 5 nitrogen and oxygen atoms in total. The van der Waals surface area contributed by atoms with Gasteiger partial charge in [-0.2, -0.15) is 5.26 Å².